The molecule has 0 aromatic carbocycles. The van der Waals surface area contributed by atoms with Gasteiger partial charge in [0.05, 0.1) is 0 Å². The average Bonchev–Trinajstić information content (AvgIpc) is 3.29. The van der Waals surface area contributed by atoms with Crippen molar-refractivity contribution in [3.8, 4) is 0 Å². The van der Waals surface area contributed by atoms with Gasteiger partial charge in [0.25, 0.3) is 0 Å². The fourth-order valence-corrected chi connectivity index (χ4v) is 9.02. The van der Waals surface area contributed by atoms with Gasteiger partial charge in [0.1, 0.15) is 13.2 Å². The van der Waals surface area contributed by atoms with Crippen LogP contribution in [0.15, 0.2) is 0 Å². The Labute approximate surface area is 406 Å². The smallest absolute Gasteiger partial charge is 0.306 e. The third-order valence-electron chi connectivity index (χ3n) is 13.8. The number of hydrogen-bond donors (Lipinski definition) is 0. The normalized spacial score (nSPS) is 12.5. The molecule has 0 aromatic rings. The summed E-state index contributed by atoms with van der Waals surface area (Å²) in [6, 6.07) is 0. The van der Waals surface area contributed by atoms with E-state index in [0.29, 0.717) is 19.3 Å². The molecule has 2 atom stereocenters. The van der Waals surface area contributed by atoms with Crippen molar-refractivity contribution in [1.82, 2.24) is 0 Å². The lowest BCUT2D eigenvalue weighted by Crippen LogP contribution is -2.30. The lowest BCUT2D eigenvalue weighted by molar-refractivity contribution is -0.167. The van der Waals surface area contributed by atoms with Crippen LogP contribution in [0, 0.1) is 11.8 Å². The molecule has 0 aliphatic carbocycles. The van der Waals surface area contributed by atoms with E-state index in [4.69, 9.17) is 14.2 Å². The summed E-state index contributed by atoms with van der Waals surface area (Å²) >= 11 is 0. The van der Waals surface area contributed by atoms with Crippen LogP contribution in [0.2, 0.25) is 0 Å². The maximum atomic E-state index is 12.8. The molecule has 0 aliphatic heterocycles. The predicted molar refractivity (Wildman–Crippen MR) is 280 cm³/mol. The number of hydrogen-bond acceptors (Lipinski definition) is 6. The molecule has 0 amide bonds. The minimum Gasteiger partial charge on any atom is -0.462 e. The maximum Gasteiger partial charge on any atom is 0.306 e. The van der Waals surface area contributed by atoms with Crippen LogP contribution in [0.3, 0.4) is 0 Å². The topological polar surface area (TPSA) is 78.9 Å². The molecule has 1 unspecified atom stereocenters. The van der Waals surface area contributed by atoms with E-state index in [1.165, 1.54) is 218 Å². The van der Waals surface area contributed by atoms with E-state index in [1.807, 2.05) is 0 Å². The third-order valence-corrected chi connectivity index (χ3v) is 13.8. The second-order valence-electron chi connectivity index (χ2n) is 21.0. The number of rotatable bonds is 53. The molecular weight excluding hydrogens is 805 g/mol. The summed E-state index contributed by atoms with van der Waals surface area (Å²) in [5, 5.41) is 0. The van der Waals surface area contributed by atoms with Crippen LogP contribution in [0.5, 0.6) is 0 Å². The summed E-state index contributed by atoms with van der Waals surface area (Å²) < 4.78 is 16.8. The van der Waals surface area contributed by atoms with E-state index >= 15 is 0 Å². The highest BCUT2D eigenvalue weighted by molar-refractivity contribution is 5.71. The molecule has 0 radical (unpaired) electrons. The Morgan fingerprint density at radius 2 is 0.585 bits per heavy atom. The number of esters is 3. The van der Waals surface area contributed by atoms with Crippen molar-refractivity contribution in [2.45, 2.75) is 336 Å². The third kappa shape index (κ3) is 51.6. The number of unbranched alkanes of at least 4 members (excludes halogenated alkanes) is 37. The van der Waals surface area contributed by atoms with E-state index in [1.54, 1.807) is 0 Å². The molecule has 0 fully saturated rings. The number of ether oxygens (including phenoxy) is 3. The van der Waals surface area contributed by atoms with Crippen LogP contribution < -0.4 is 0 Å². The van der Waals surface area contributed by atoms with Gasteiger partial charge in [0.2, 0.25) is 0 Å². The molecule has 0 spiro atoms. The van der Waals surface area contributed by atoms with Gasteiger partial charge in [-0.1, -0.05) is 291 Å². The summed E-state index contributed by atoms with van der Waals surface area (Å²) in [7, 11) is 0. The number of carbonyl (C=O) groups excluding carboxylic acids is 3. The Bertz CT molecular complexity index is 995. The highest BCUT2D eigenvalue weighted by atomic mass is 16.6. The van der Waals surface area contributed by atoms with Crippen molar-refractivity contribution in [2.75, 3.05) is 13.2 Å². The quantitative estimate of drug-likeness (QED) is 0.0344. The van der Waals surface area contributed by atoms with Crippen molar-refractivity contribution in [3.05, 3.63) is 0 Å². The van der Waals surface area contributed by atoms with Crippen molar-refractivity contribution in [3.63, 3.8) is 0 Å². The molecule has 0 rings (SSSR count). The zero-order valence-corrected chi connectivity index (χ0v) is 44.6. The van der Waals surface area contributed by atoms with Gasteiger partial charge in [-0.2, -0.15) is 0 Å². The maximum absolute atomic E-state index is 12.8. The van der Waals surface area contributed by atoms with Crippen molar-refractivity contribution in [2.24, 2.45) is 11.8 Å². The van der Waals surface area contributed by atoms with Crippen molar-refractivity contribution >= 4 is 17.9 Å². The summed E-state index contributed by atoms with van der Waals surface area (Å²) in [5.41, 5.74) is 0. The molecule has 386 valence electrons. The molecule has 0 saturated carbocycles. The van der Waals surface area contributed by atoms with Gasteiger partial charge < -0.3 is 14.2 Å². The first-order valence-electron chi connectivity index (χ1n) is 29.3. The fourth-order valence-electron chi connectivity index (χ4n) is 9.02. The minimum absolute atomic E-state index is 0.0630. The van der Waals surface area contributed by atoms with Crippen LogP contribution >= 0.6 is 0 Å². The zero-order valence-electron chi connectivity index (χ0n) is 44.6. The Morgan fingerprint density at radius 3 is 0.877 bits per heavy atom. The summed E-state index contributed by atoms with van der Waals surface area (Å²) in [5.74, 6) is 0.912. The molecule has 0 N–H and O–H groups in total. The number of carbonyl (C=O) groups is 3. The lowest BCUT2D eigenvalue weighted by Gasteiger charge is -2.18. The van der Waals surface area contributed by atoms with Gasteiger partial charge in [0.15, 0.2) is 6.10 Å². The summed E-state index contributed by atoms with van der Waals surface area (Å²) in [6.45, 7) is 11.4. The van der Waals surface area contributed by atoms with Crippen LogP contribution in [-0.4, -0.2) is 37.2 Å². The molecular formula is C59H114O6. The second kappa shape index (κ2) is 51.8. The van der Waals surface area contributed by atoms with Gasteiger partial charge in [-0.15, -0.1) is 0 Å². The molecule has 6 nitrogen and oxygen atoms in total. The van der Waals surface area contributed by atoms with Crippen LogP contribution in [-0.2, 0) is 28.6 Å². The highest BCUT2D eigenvalue weighted by Gasteiger charge is 2.19. The van der Waals surface area contributed by atoms with Gasteiger partial charge in [-0.05, 0) is 31.1 Å². The Morgan fingerprint density at radius 1 is 0.323 bits per heavy atom. The standard InChI is InChI=1S/C59H114O6/c1-6-8-9-10-32-39-44-49-57(60)63-52-56(65-59(62)51-46-41-36-31-27-23-19-15-16-20-24-28-33-37-42-47-54(3)4)53-64-58(61)50-45-40-35-30-26-22-18-14-12-11-13-17-21-25-29-34-38-43-48-55(5)7-2/h54-56H,6-53H2,1-5H3/t55?,56-/m0/s1. The second-order valence-corrected chi connectivity index (χ2v) is 21.0. The molecule has 0 heterocycles. The fraction of sp³-hybridized carbons (Fsp3) is 0.949. The predicted octanol–water partition coefficient (Wildman–Crippen LogP) is 19.3. The first-order chi connectivity index (χ1) is 31.8. The van der Waals surface area contributed by atoms with Gasteiger partial charge >= 0.3 is 17.9 Å². The van der Waals surface area contributed by atoms with Gasteiger partial charge in [-0.3, -0.25) is 14.4 Å². The first-order valence-corrected chi connectivity index (χ1v) is 29.3. The minimum atomic E-state index is -0.761. The average molecular weight is 920 g/mol. The Hall–Kier alpha value is -1.59. The summed E-state index contributed by atoms with van der Waals surface area (Å²) in [6.07, 6.45) is 55.4. The van der Waals surface area contributed by atoms with Crippen molar-refractivity contribution < 1.29 is 28.6 Å². The first kappa shape index (κ1) is 63.4. The molecule has 65 heavy (non-hydrogen) atoms. The van der Waals surface area contributed by atoms with E-state index in [9.17, 15) is 14.4 Å². The molecule has 0 bridgehead atoms. The Kier molecular flexibility index (Phi) is 50.5. The van der Waals surface area contributed by atoms with Gasteiger partial charge in [0, 0.05) is 19.3 Å². The Balaban J connectivity index is 4.11. The lowest BCUT2D eigenvalue weighted by atomic mass is 9.99. The monoisotopic (exact) mass is 919 g/mol. The van der Waals surface area contributed by atoms with E-state index < -0.39 is 6.10 Å². The summed E-state index contributed by atoms with van der Waals surface area (Å²) in [4.78, 5) is 37.9. The van der Waals surface area contributed by atoms with Gasteiger partial charge in [-0.25, -0.2) is 0 Å². The SMILES string of the molecule is CCCCCCCCCC(=O)OC[C@@H](COC(=O)CCCCCCCCCCCCCCCCCCCCC(C)CC)OC(=O)CCCCCCCCCCCCCCCCCC(C)C. The van der Waals surface area contributed by atoms with Crippen LogP contribution in [0.25, 0.3) is 0 Å². The van der Waals surface area contributed by atoms with E-state index in [-0.39, 0.29) is 31.1 Å². The van der Waals surface area contributed by atoms with E-state index in [2.05, 4.69) is 34.6 Å². The largest absolute Gasteiger partial charge is 0.462 e. The van der Waals surface area contributed by atoms with Crippen LogP contribution in [0.4, 0.5) is 0 Å². The molecule has 0 aromatic heterocycles. The van der Waals surface area contributed by atoms with Crippen LogP contribution in [0.1, 0.15) is 330 Å². The molecule has 0 saturated heterocycles. The zero-order chi connectivity index (χ0) is 47.5. The highest BCUT2D eigenvalue weighted by Crippen LogP contribution is 2.19. The molecule has 0 aliphatic rings. The molecule has 6 heteroatoms. The van der Waals surface area contributed by atoms with Crippen molar-refractivity contribution in [1.29, 1.82) is 0 Å². The van der Waals surface area contributed by atoms with E-state index in [0.717, 1.165) is 69.6 Å².